The summed E-state index contributed by atoms with van der Waals surface area (Å²) in [6.45, 7) is 14.7. The van der Waals surface area contributed by atoms with Crippen molar-refractivity contribution in [3.05, 3.63) is 11.8 Å². The summed E-state index contributed by atoms with van der Waals surface area (Å²) in [5, 5.41) is 4.13. The van der Waals surface area contributed by atoms with Crippen LogP contribution < -0.4 is 5.66 Å². The molecule has 0 spiro atoms. The highest BCUT2D eigenvalue weighted by molar-refractivity contribution is 6.60. The predicted octanol–water partition coefficient (Wildman–Crippen LogP) is 2.31. The molecule has 2 fully saturated rings. The molecule has 2 aliphatic rings. The molecule has 25 heavy (non-hydrogen) atoms. The molecule has 0 N–H and O–H groups in total. The second-order valence-electron chi connectivity index (χ2n) is 8.82. The van der Waals surface area contributed by atoms with E-state index in [1.807, 2.05) is 54.5 Å². The number of carbonyl (C=O) groups is 1. The third-order valence-electron chi connectivity index (χ3n) is 4.98. The quantitative estimate of drug-likeness (QED) is 0.762. The van der Waals surface area contributed by atoms with Gasteiger partial charge in [0.1, 0.15) is 5.60 Å². The average molecular weight is 350 g/mol. The fraction of sp³-hybridized carbons (Fsp3) is 0.765. The summed E-state index contributed by atoms with van der Waals surface area (Å²) >= 11 is 0. The molecule has 138 valence electrons. The van der Waals surface area contributed by atoms with Gasteiger partial charge in [0.2, 0.25) is 0 Å². The van der Waals surface area contributed by atoms with Gasteiger partial charge in [-0.1, -0.05) is 5.16 Å². The summed E-state index contributed by atoms with van der Waals surface area (Å²) in [5.74, 6) is 0.146. The van der Waals surface area contributed by atoms with Crippen molar-refractivity contribution in [1.29, 1.82) is 0 Å². The van der Waals surface area contributed by atoms with E-state index in [-0.39, 0.29) is 12.0 Å². The molecule has 2 saturated heterocycles. The Hall–Kier alpha value is -1.54. The van der Waals surface area contributed by atoms with Gasteiger partial charge < -0.3 is 23.5 Å². The first-order chi connectivity index (χ1) is 11.4. The Morgan fingerprint density at radius 3 is 2.32 bits per heavy atom. The van der Waals surface area contributed by atoms with Gasteiger partial charge in [0.15, 0.2) is 5.66 Å². The van der Waals surface area contributed by atoms with Crippen molar-refractivity contribution >= 4 is 18.9 Å². The summed E-state index contributed by atoms with van der Waals surface area (Å²) in [5.41, 5.74) is 0.0392. The van der Waals surface area contributed by atoms with Gasteiger partial charge in [0, 0.05) is 25.1 Å². The lowest BCUT2D eigenvalue weighted by Gasteiger charge is -2.38. The third-order valence-corrected chi connectivity index (χ3v) is 4.98. The summed E-state index contributed by atoms with van der Waals surface area (Å²) in [4.78, 5) is 13.7. The van der Waals surface area contributed by atoms with E-state index < -0.39 is 23.9 Å². The van der Waals surface area contributed by atoms with Gasteiger partial charge in [0.05, 0.1) is 16.9 Å². The average Bonchev–Trinajstić information content (AvgIpc) is 2.89. The smallest absolute Gasteiger partial charge is 0.444 e. The van der Waals surface area contributed by atoms with E-state index in [4.69, 9.17) is 18.6 Å². The van der Waals surface area contributed by atoms with Crippen molar-refractivity contribution in [2.45, 2.75) is 71.2 Å². The van der Waals surface area contributed by atoms with Crippen molar-refractivity contribution in [3.63, 3.8) is 0 Å². The van der Waals surface area contributed by atoms with Crippen molar-refractivity contribution < 1.29 is 23.4 Å². The number of amides is 1. The van der Waals surface area contributed by atoms with E-state index in [0.29, 0.717) is 18.7 Å². The number of hydrogen-bond donors (Lipinski definition) is 0. The summed E-state index contributed by atoms with van der Waals surface area (Å²) < 4.78 is 22.7. The van der Waals surface area contributed by atoms with Crippen molar-refractivity contribution in [2.75, 3.05) is 13.1 Å². The second kappa shape index (κ2) is 5.74. The highest BCUT2D eigenvalue weighted by Gasteiger charge is 2.53. The summed E-state index contributed by atoms with van der Waals surface area (Å²) in [6, 6.07) is 1.86. The van der Waals surface area contributed by atoms with Gasteiger partial charge in [-0.15, -0.1) is 0 Å². The monoisotopic (exact) mass is 350 g/mol. The van der Waals surface area contributed by atoms with Gasteiger partial charge in [-0.3, -0.25) is 0 Å². The van der Waals surface area contributed by atoms with Crippen LogP contribution in [-0.2, 0) is 14.0 Å². The summed E-state index contributed by atoms with van der Waals surface area (Å²) in [7, 11) is -0.562. The zero-order chi connectivity index (χ0) is 18.6. The lowest BCUT2D eigenvalue weighted by Crippen LogP contribution is -2.50. The van der Waals surface area contributed by atoms with Crippen molar-refractivity contribution in [2.24, 2.45) is 0 Å². The van der Waals surface area contributed by atoms with Crippen LogP contribution in [0.3, 0.4) is 0 Å². The van der Waals surface area contributed by atoms with Crippen LogP contribution in [0.15, 0.2) is 10.6 Å². The Bertz CT molecular complexity index is 642. The maximum absolute atomic E-state index is 12.0. The Balaban J connectivity index is 1.59. The third kappa shape index (κ3) is 3.55. The first kappa shape index (κ1) is 18.3. The van der Waals surface area contributed by atoms with E-state index in [9.17, 15) is 4.79 Å². The van der Waals surface area contributed by atoms with Crippen LogP contribution >= 0.6 is 0 Å². The first-order valence-electron chi connectivity index (χ1n) is 8.68. The molecule has 0 atom stereocenters. The van der Waals surface area contributed by atoms with Crippen molar-refractivity contribution in [3.8, 4) is 0 Å². The molecule has 7 nitrogen and oxygen atoms in total. The van der Waals surface area contributed by atoms with Crippen LogP contribution in [0.1, 0.15) is 60.1 Å². The molecule has 2 aliphatic heterocycles. The van der Waals surface area contributed by atoms with Crippen LogP contribution in [0.5, 0.6) is 0 Å². The van der Waals surface area contributed by atoms with Crippen molar-refractivity contribution in [1.82, 2.24) is 10.1 Å². The standard InChI is InChI=1S/C17H27BN2O5/c1-15(2,3)22-14(21)20-9-11(10-20)12-8-13(23-19-12)18-24-16(4,5)17(6,7)25-18/h8,11H,9-10H2,1-7H3. The lowest BCUT2D eigenvalue weighted by molar-refractivity contribution is 0.00578. The molecule has 0 unspecified atom stereocenters. The zero-order valence-corrected chi connectivity index (χ0v) is 16.1. The van der Waals surface area contributed by atoms with E-state index in [1.54, 1.807) is 4.90 Å². The number of likely N-dealkylation sites (tertiary alicyclic amines) is 1. The SMILES string of the molecule is CC(C)(C)OC(=O)N1CC(c2cc(B3OC(C)(C)C(C)(C)O3)on2)C1. The van der Waals surface area contributed by atoms with E-state index >= 15 is 0 Å². The van der Waals surface area contributed by atoms with Gasteiger partial charge in [0.25, 0.3) is 0 Å². The Labute approximate surface area is 149 Å². The number of nitrogens with zero attached hydrogens (tertiary/aromatic N) is 2. The highest BCUT2D eigenvalue weighted by atomic mass is 16.7. The molecular weight excluding hydrogens is 323 g/mol. The maximum atomic E-state index is 12.0. The van der Waals surface area contributed by atoms with Gasteiger partial charge in [-0.25, -0.2) is 4.79 Å². The molecule has 3 heterocycles. The second-order valence-corrected chi connectivity index (χ2v) is 8.82. The molecule has 8 heteroatoms. The minimum atomic E-state index is -0.562. The minimum absolute atomic E-state index is 0.146. The van der Waals surface area contributed by atoms with Crippen LogP contribution in [0.25, 0.3) is 0 Å². The first-order valence-corrected chi connectivity index (χ1v) is 8.68. The number of rotatable bonds is 2. The molecule has 0 radical (unpaired) electrons. The fourth-order valence-electron chi connectivity index (χ4n) is 2.71. The molecule has 1 aromatic heterocycles. The predicted molar refractivity (Wildman–Crippen MR) is 92.8 cm³/mol. The van der Waals surface area contributed by atoms with E-state index in [0.717, 1.165) is 5.69 Å². The number of carbonyl (C=O) groups excluding carboxylic acids is 1. The molecule has 0 aliphatic carbocycles. The van der Waals surface area contributed by atoms with Crippen LogP contribution in [0, 0.1) is 0 Å². The number of hydrogen-bond acceptors (Lipinski definition) is 6. The molecule has 0 saturated carbocycles. The minimum Gasteiger partial charge on any atom is -0.444 e. The molecule has 0 bridgehead atoms. The normalized spacial score (nSPS) is 22.8. The van der Waals surface area contributed by atoms with Crippen LogP contribution in [0.2, 0.25) is 0 Å². The summed E-state index contributed by atoms with van der Waals surface area (Å²) in [6.07, 6.45) is -0.293. The largest absolute Gasteiger partial charge is 0.535 e. The maximum Gasteiger partial charge on any atom is 0.535 e. The molecule has 1 amide bonds. The molecule has 1 aromatic rings. The molecule has 3 rings (SSSR count). The fourth-order valence-corrected chi connectivity index (χ4v) is 2.71. The van der Waals surface area contributed by atoms with Gasteiger partial charge in [-0.05, 0) is 48.5 Å². The molecular formula is C17H27BN2O5. The Kier molecular flexibility index (Phi) is 4.19. The highest BCUT2D eigenvalue weighted by Crippen LogP contribution is 2.36. The van der Waals surface area contributed by atoms with Gasteiger partial charge >= 0.3 is 13.2 Å². The topological polar surface area (TPSA) is 74.0 Å². The molecule has 0 aromatic carbocycles. The lowest BCUT2D eigenvalue weighted by atomic mass is 9.84. The van der Waals surface area contributed by atoms with Crippen LogP contribution in [0.4, 0.5) is 4.79 Å². The Morgan fingerprint density at radius 2 is 1.80 bits per heavy atom. The number of aromatic nitrogens is 1. The van der Waals surface area contributed by atoms with E-state index in [2.05, 4.69) is 5.16 Å². The number of ether oxygens (including phenoxy) is 1. The van der Waals surface area contributed by atoms with E-state index in [1.165, 1.54) is 0 Å². The zero-order valence-electron chi connectivity index (χ0n) is 16.1. The van der Waals surface area contributed by atoms with Crippen LogP contribution in [-0.4, -0.2) is 53.2 Å². The Morgan fingerprint density at radius 1 is 1.24 bits per heavy atom. The van der Waals surface area contributed by atoms with Gasteiger partial charge in [-0.2, -0.15) is 0 Å².